The lowest BCUT2D eigenvalue weighted by atomic mass is 9.91. The molecule has 2 aromatic rings. The van der Waals surface area contributed by atoms with Crippen molar-refractivity contribution in [3.8, 4) is 11.1 Å². The van der Waals surface area contributed by atoms with Crippen LogP contribution >= 0.6 is 0 Å². The van der Waals surface area contributed by atoms with Crippen LogP contribution in [-0.2, 0) is 9.53 Å². The van der Waals surface area contributed by atoms with E-state index in [0.717, 1.165) is 12.8 Å². The maximum absolute atomic E-state index is 11.0. The van der Waals surface area contributed by atoms with Gasteiger partial charge in [-0.25, -0.2) is 4.79 Å². The second-order valence-corrected chi connectivity index (χ2v) is 6.30. The summed E-state index contributed by atoms with van der Waals surface area (Å²) in [6, 6.07) is 17.6. The molecular formula is C22H24O2. The molecule has 0 spiro atoms. The van der Waals surface area contributed by atoms with Crippen molar-refractivity contribution < 1.29 is 9.53 Å². The molecule has 124 valence electrons. The van der Waals surface area contributed by atoms with Crippen molar-refractivity contribution in [1.29, 1.82) is 0 Å². The molecule has 0 bridgehead atoms. The smallest absolute Gasteiger partial charge is 0.330 e. The molecule has 3 rings (SSSR count). The maximum atomic E-state index is 11.0. The topological polar surface area (TPSA) is 26.3 Å². The molecule has 0 amide bonds. The summed E-state index contributed by atoms with van der Waals surface area (Å²) in [6.45, 7) is 3.90. The number of esters is 1. The molecule has 0 radical (unpaired) electrons. The van der Waals surface area contributed by atoms with Crippen LogP contribution in [0.15, 0.2) is 61.2 Å². The minimum Gasteiger partial charge on any atom is -0.463 e. The Bertz CT molecular complexity index is 672. The van der Waals surface area contributed by atoms with Gasteiger partial charge in [-0.2, -0.15) is 0 Å². The Morgan fingerprint density at radius 3 is 2.12 bits per heavy atom. The predicted molar refractivity (Wildman–Crippen MR) is 98.0 cm³/mol. The normalized spacial score (nSPS) is 12.5. The predicted octanol–water partition coefficient (Wildman–Crippen LogP) is 5.48. The number of carbonyl (C=O) groups is 1. The van der Waals surface area contributed by atoms with Gasteiger partial charge in [-0.05, 0) is 35.1 Å². The zero-order valence-electron chi connectivity index (χ0n) is 14.0. The van der Waals surface area contributed by atoms with E-state index < -0.39 is 0 Å². The van der Waals surface area contributed by atoms with Crippen LogP contribution in [-0.4, -0.2) is 12.6 Å². The van der Waals surface area contributed by atoms with Crippen molar-refractivity contribution >= 4 is 5.97 Å². The summed E-state index contributed by atoms with van der Waals surface area (Å²) in [6.07, 6.45) is 6.79. The second-order valence-electron chi connectivity index (χ2n) is 6.30. The molecule has 0 fully saturated rings. The molecule has 1 aliphatic carbocycles. The number of ether oxygens (including phenoxy) is 1. The lowest BCUT2D eigenvalue weighted by Gasteiger charge is -2.13. The fourth-order valence-electron chi connectivity index (χ4n) is 3.61. The molecule has 0 unspecified atom stereocenters. The van der Waals surface area contributed by atoms with Gasteiger partial charge in [-0.1, -0.05) is 74.4 Å². The molecule has 0 aromatic heterocycles. The van der Waals surface area contributed by atoms with E-state index in [-0.39, 0.29) is 5.97 Å². The zero-order valence-corrected chi connectivity index (χ0v) is 14.0. The van der Waals surface area contributed by atoms with Crippen molar-refractivity contribution in [3.63, 3.8) is 0 Å². The zero-order chi connectivity index (χ0) is 16.8. The summed E-state index contributed by atoms with van der Waals surface area (Å²) in [4.78, 5) is 11.0. The standard InChI is InChI=1S/C22H24O2/c1-2-22(23)24-16-10-4-3-5-11-17-18-12-6-8-14-20(18)21-15-9-7-13-19(17)21/h2,6-9,12-15,17H,1,3-5,10-11,16H2. The van der Waals surface area contributed by atoms with Crippen molar-refractivity contribution in [3.05, 3.63) is 72.3 Å². The first kappa shape index (κ1) is 16.5. The summed E-state index contributed by atoms with van der Waals surface area (Å²) < 4.78 is 5.01. The summed E-state index contributed by atoms with van der Waals surface area (Å²) in [7, 11) is 0. The molecule has 0 atom stereocenters. The Hall–Kier alpha value is -2.35. The van der Waals surface area contributed by atoms with Gasteiger partial charge in [-0.15, -0.1) is 0 Å². The van der Waals surface area contributed by atoms with E-state index in [4.69, 9.17) is 4.74 Å². The van der Waals surface area contributed by atoms with Gasteiger partial charge in [0.25, 0.3) is 0 Å². The highest BCUT2D eigenvalue weighted by molar-refractivity contribution is 5.81. The third-order valence-corrected chi connectivity index (χ3v) is 4.76. The molecule has 1 aliphatic rings. The van der Waals surface area contributed by atoms with Crippen molar-refractivity contribution in [2.75, 3.05) is 6.61 Å². The van der Waals surface area contributed by atoms with E-state index in [1.54, 1.807) is 0 Å². The van der Waals surface area contributed by atoms with Crippen LogP contribution in [0.5, 0.6) is 0 Å². The van der Waals surface area contributed by atoms with Crippen LogP contribution in [0.3, 0.4) is 0 Å². The van der Waals surface area contributed by atoms with Crippen LogP contribution in [0.4, 0.5) is 0 Å². The third-order valence-electron chi connectivity index (χ3n) is 4.76. The van der Waals surface area contributed by atoms with Gasteiger partial charge < -0.3 is 4.74 Å². The number of fused-ring (bicyclic) bond motifs is 3. The number of hydrogen-bond donors (Lipinski definition) is 0. The van der Waals surface area contributed by atoms with Crippen LogP contribution in [0.2, 0.25) is 0 Å². The van der Waals surface area contributed by atoms with Gasteiger partial charge in [-0.3, -0.25) is 0 Å². The second kappa shape index (κ2) is 7.96. The van der Waals surface area contributed by atoms with Crippen molar-refractivity contribution in [2.24, 2.45) is 0 Å². The maximum Gasteiger partial charge on any atom is 0.330 e. The van der Waals surface area contributed by atoms with E-state index in [2.05, 4.69) is 55.1 Å². The van der Waals surface area contributed by atoms with E-state index >= 15 is 0 Å². The highest BCUT2D eigenvalue weighted by Crippen LogP contribution is 2.46. The molecule has 0 saturated carbocycles. The number of rotatable bonds is 8. The number of hydrogen-bond acceptors (Lipinski definition) is 2. The van der Waals surface area contributed by atoms with Gasteiger partial charge in [0.05, 0.1) is 6.61 Å². The number of unbranched alkanes of at least 4 members (excludes halogenated alkanes) is 3. The molecule has 0 heterocycles. The average Bonchev–Trinajstić information content (AvgIpc) is 2.95. The Balaban J connectivity index is 1.51. The van der Waals surface area contributed by atoms with E-state index in [0.29, 0.717) is 12.5 Å². The number of carbonyl (C=O) groups excluding carboxylic acids is 1. The van der Waals surface area contributed by atoms with E-state index in [9.17, 15) is 4.79 Å². The molecular weight excluding hydrogens is 296 g/mol. The molecule has 24 heavy (non-hydrogen) atoms. The molecule has 2 nitrogen and oxygen atoms in total. The van der Waals surface area contributed by atoms with Gasteiger partial charge in [0.1, 0.15) is 0 Å². The lowest BCUT2D eigenvalue weighted by molar-refractivity contribution is -0.137. The fourth-order valence-corrected chi connectivity index (χ4v) is 3.61. The SMILES string of the molecule is C=CC(=O)OCCCCCCC1c2ccccc2-c2ccccc21. The summed E-state index contributed by atoms with van der Waals surface area (Å²) in [5, 5.41) is 0. The van der Waals surface area contributed by atoms with Gasteiger partial charge >= 0.3 is 5.97 Å². The first-order valence-electron chi connectivity index (χ1n) is 8.78. The highest BCUT2D eigenvalue weighted by Gasteiger charge is 2.27. The van der Waals surface area contributed by atoms with Gasteiger partial charge in [0, 0.05) is 12.0 Å². The number of benzene rings is 2. The van der Waals surface area contributed by atoms with Crippen molar-refractivity contribution in [2.45, 2.75) is 38.0 Å². The Morgan fingerprint density at radius 2 is 1.50 bits per heavy atom. The van der Waals surface area contributed by atoms with Crippen LogP contribution < -0.4 is 0 Å². The fraction of sp³-hybridized carbons (Fsp3) is 0.318. The molecule has 2 aromatic carbocycles. The highest BCUT2D eigenvalue weighted by atomic mass is 16.5. The Morgan fingerprint density at radius 1 is 0.917 bits per heavy atom. The minimum atomic E-state index is -0.325. The molecule has 0 saturated heterocycles. The average molecular weight is 320 g/mol. The molecule has 0 N–H and O–H groups in total. The van der Waals surface area contributed by atoms with E-state index in [1.165, 1.54) is 47.6 Å². The van der Waals surface area contributed by atoms with Crippen LogP contribution in [0, 0.1) is 0 Å². The van der Waals surface area contributed by atoms with Gasteiger partial charge in [0.2, 0.25) is 0 Å². The largest absolute Gasteiger partial charge is 0.463 e. The molecule has 0 aliphatic heterocycles. The van der Waals surface area contributed by atoms with Crippen LogP contribution in [0.1, 0.15) is 49.1 Å². The first-order chi connectivity index (χ1) is 11.8. The molecule has 2 heteroatoms. The summed E-state index contributed by atoms with van der Waals surface area (Å²) >= 11 is 0. The van der Waals surface area contributed by atoms with E-state index in [1.807, 2.05) is 0 Å². The first-order valence-corrected chi connectivity index (χ1v) is 8.78. The third kappa shape index (κ3) is 3.59. The van der Waals surface area contributed by atoms with Crippen molar-refractivity contribution in [1.82, 2.24) is 0 Å². The van der Waals surface area contributed by atoms with Gasteiger partial charge in [0.15, 0.2) is 0 Å². The Kier molecular flexibility index (Phi) is 5.47. The lowest BCUT2D eigenvalue weighted by Crippen LogP contribution is -2.01. The Labute approximate surface area is 144 Å². The summed E-state index contributed by atoms with van der Waals surface area (Å²) in [5.74, 6) is 0.199. The van der Waals surface area contributed by atoms with Crippen LogP contribution in [0.25, 0.3) is 11.1 Å². The minimum absolute atomic E-state index is 0.325. The monoisotopic (exact) mass is 320 g/mol. The quantitative estimate of drug-likeness (QED) is 0.366. The summed E-state index contributed by atoms with van der Waals surface area (Å²) in [5.41, 5.74) is 5.74.